The number of halogens is 3. The molecule has 0 aliphatic carbocycles. The molecular weight excluding hydrogens is 465 g/mol. The van der Waals surface area contributed by atoms with E-state index in [1.807, 2.05) is 18.2 Å². The van der Waals surface area contributed by atoms with Crippen LogP contribution in [0.4, 0.5) is 13.2 Å². The van der Waals surface area contributed by atoms with Crippen molar-refractivity contribution in [1.29, 1.82) is 0 Å². The number of ether oxygens (including phenoxy) is 1. The number of allylic oxidation sites excluding steroid dienone is 3. The summed E-state index contributed by atoms with van der Waals surface area (Å²) in [7, 11) is 0. The van der Waals surface area contributed by atoms with Crippen LogP contribution in [0.5, 0.6) is 5.75 Å². The Morgan fingerprint density at radius 3 is 2.59 bits per heavy atom. The van der Waals surface area contributed by atoms with Crippen LogP contribution < -0.4 is 4.74 Å². The van der Waals surface area contributed by atoms with E-state index in [0.29, 0.717) is 5.75 Å². The predicted molar refractivity (Wildman–Crippen MR) is 127 cm³/mol. The van der Waals surface area contributed by atoms with E-state index in [0.717, 1.165) is 34.4 Å². The van der Waals surface area contributed by atoms with Gasteiger partial charge in [0.1, 0.15) is 17.6 Å². The van der Waals surface area contributed by atoms with Gasteiger partial charge in [0.15, 0.2) is 0 Å². The second-order valence-corrected chi connectivity index (χ2v) is 9.14. The molecule has 1 aromatic heterocycles. The number of benzene rings is 2. The van der Waals surface area contributed by atoms with Crippen LogP contribution in [0.15, 0.2) is 77.9 Å². The van der Waals surface area contributed by atoms with E-state index in [9.17, 15) is 18.0 Å². The van der Waals surface area contributed by atoms with Crippen LogP contribution in [0.25, 0.3) is 10.9 Å². The van der Waals surface area contributed by atoms with Gasteiger partial charge in [0.25, 0.3) is 0 Å². The van der Waals surface area contributed by atoms with Crippen molar-refractivity contribution in [2.45, 2.75) is 49.2 Å². The monoisotopic (exact) mass is 490 g/mol. The fourth-order valence-electron chi connectivity index (χ4n) is 3.28. The van der Waals surface area contributed by atoms with Gasteiger partial charge in [-0.3, -0.25) is 9.48 Å². The number of fused-ring (bicyclic) bond motifs is 1. The Hall–Kier alpha value is -3.20. The summed E-state index contributed by atoms with van der Waals surface area (Å²) in [6.07, 6.45) is 0.152. The summed E-state index contributed by atoms with van der Waals surface area (Å²) in [5, 5.41) is 13.7. The van der Waals surface area contributed by atoms with Crippen molar-refractivity contribution in [1.82, 2.24) is 9.78 Å². The number of carboxylic acid groups (broad SMARTS) is 1. The number of aromatic nitrogens is 2. The molecule has 0 saturated heterocycles. The van der Waals surface area contributed by atoms with Crippen LogP contribution in [-0.4, -0.2) is 32.3 Å². The van der Waals surface area contributed by atoms with Crippen molar-refractivity contribution in [3.05, 3.63) is 78.5 Å². The first-order chi connectivity index (χ1) is 16.1. The van der Waals surface area contributed by atoms with Gasteiger partial charge in [-0.05, 0) is 44.5 Å². The SMILES string of the molecule is C=CC(C/C=C(\C)C(F)(F)F)n1ncc2cccc(COc3ccc(SC(C)C(=O)O)cc3)c21. The van der Waals surface area contributed by atoms with Crippen LogP contribution >= 0.6 is 11.8 Å². The molecule has 2 unspecified atom stereocenters. The summed E-state index contributed by atoms with van der Waals surface area (Å²) in [6, 6.07) is 12.3. The smallest absolute Gasteiger partial charge is 0.412 e. The molecule has 5 nitrogen and oxygen atoms in total. The fraction of sp³-hybridized carbons (Fsp3) is 0.280. The highest BCUT2D eigenvalue weighted by Crippen LogP contribution is 2.30. The molecule has 3 aromatic rings. The highest BCUT2D eigenvalue weighted by atomic mass is 32.2. The lowest BCUT2D eigenvalue weighted by atomic mass is 10.1. The summed E-state index contributed by atoms with van der Waals surface area (Å²) < 4.78 is 46.3. The van der Waals surface area contributed by atoms with Crippen molar-refractivity contribution in [3.63, 3.8) is 0 Å². The minimum Gasteiger partial charge on any atom is -0.489 e. The quantitative estimate of drug-likeness (QED) is 0.250. The molecule has 2 atom stereocenters. The largest absolute Gasteiger partial charge is 0.489 e. The Labute approximate surface area is 199 Å². The molecule has 1 N–H and O–H groups in total. The summed E-state index contributed by atoms with van der Waals surface area (Å²) >= 11 is 1.24. The molecule has 180 valence electrons. The second kappa shape index (κ2) is 10.8. The molecule has 0 spiro atoms. The van der Waals surface area contributed by atoms with E-state index in [2.05, 4.69) is 11.7 Å². The van der Waals surface area contributed by atoms with Gasteiger partial charge in [0.2, 0.25) is 0 Å². The standard InChI is InChI=1S/C25H25F3N2O3S/c1-4-20(9-8-16(2)25(26,27)28)30-23-18(14-29-30)6-5-7-19(23)15-33-21-10-12-22(13-11-21)34-17(3)24(31)32/h4-8,10-14,17,20H,1,9,15H2,2-3H3,(H,31,32)/b16-8+. The Bertz CT molecular complexity index is 1190. The van der Waals surface area contributed by atoms with Crippen LogP contribution in [0, 0.1) is 0 Å². The molecule has 0 aliphatic heterocycles. The zero-order valence-corrected chi connectivity index (χ0v) is 19.6. The third-order valence-corrected chi connectivity index (χ3v) is 6.38. The van der Waals surface area contributed by atoms with Crippen LogP contribution in [0.2, 0.25) is 0 Å². The second-order valence-electron chi connectivity index (χ2n) is 7.73. The summed E-state index contributed by atoms with van der Waals surface area (Å²) in [5.41, 5.74) is 0.947. The highest BCUT2D eigenvalue weighted by Gasteiger charge is 2.29. The van der Waals surface area contributed by atoms with Gasteiger partial charge in [0, 0.05) is 21.4 Å². The average Bonchev–Trinajstić information content (AvgIpc) is 3.23. The van der Waals surface area contributed by atoms with E-state index < -0.39 is 29.0 Å². The normalized spacial score (nSPS) is 14.1. The maximum Gasteiger partial charge on any atom is 0.412 e. The Kier molecular flexibility index (Phi) is 8.09. The molecule has 0 fully saturated rings. The number of aliphatic carboxylic acids is 1. The highest BCUT2D eigenvalue weighted by molar-refractivity contribution is 8.00. The van der Waals surface area contributed by atoms with E-state index in [1.54, 1.807) is 48.1 Å². The zero-order valence-electron chi connectivity index (χ0n) is 18.7. The maximum absolute atomic E-state index is 12.9. The van der Waals surface area contributed by atoms with Crippen LogP contribution in [-0.2, 0) is 11.4 Å². The fourth-order valence-corrected chi connectivity index (χ4v) is 4.09. The Morgan fingerprint density at radius 1 is 1.26 bits per heavy atom. The number of hydrogen-bond donors (Lipinski definition) is 1. The summed E-state index contributed by atoms with van der Waals surface area (Å²) in [4.78, 5) is 11.8. The summed E-state index contributed by atoms with van der Waals surface area (Å²) in [6.45, 7) is 6.68. The van der Waals surface area contributed by atoms with Gasteiger partial charge in [-0.1, -0.05) is 30.4 Å². The molecule has 0 bridgehead atoms. The molecule has 9 heteroatoms. The number of carboxylic acids is 1. The number of carbonyl (C=O) groups is 1. The summed E-state index contributed by atoms with van der Waals surface area (Å²) in [5.74, 6) is -0.267. The van der Waals surface area contributed by atoms with Gasteiger partial charge in [-0.25, -0.2) is 0 Å². The number of para-hydroxylation sites is 1. The van der Waals surface area contributed by atoms with Gasteiger partial charge in [0.05, 0.1) is 17.8 Å². The molecule has 2 aromatic carbocycles. The van der Waals surface area contributed by atoms with Crippen molar-refractivity contribution in [2.24, 2.45) is 0 Å². The molecule has 34 heavy (non-hydrogen) atoms. The average molecular weight is 491 g/mol. The molecule has 0 aliphatic rings. The molecule has 0 radical (unpaired) electrons. The first-order valence-electron chi connectivity index (χ1n) is 10.5. The topological polar surface area (TPSA) is 64.4 Å². The lowest BCUT2D eigenvalue weighted by Gasteiger charge is -2.16. The molecule has 0 amide bonds. The third kappa shape index (κ3) is 6.22. The number of thioether (sulfide) groups is 1. The van der Waals surface area contributed by atoms with Crippen molar-refractivity contribution >= 4 is 28.6 Å². The van der Waals surface area contributed by atoms with E-state index in [-0.39, 0.29) is 13.0 Å². The minimum atomic E-state index is -4.36. The molecule has 1 heterocycles. The lowest BCUT2D eigenvalue weighted by Crippen LogP contribution is -2.12. The van der Waals surface area contributed by atoms with E-state index in [1.165, 1.54) is 11.8 Å². The van der Waals surface area contributed by atoms with E-state index >= 15 is 0 Å². The third-order valence-electron chi connectivity index (χ3n) is 5.28. The lowest BCUT2D eigenvalue weighted by molar-refractivity contribution is -0.136. The minimum absolute atomic E-state index is 0.106. The van der Waals surface area contributed by atoms with Crippen molar-refractivity contribution in [3.8, 4) is 5.75 Å². The number of nitrogens with zero attached hydrogens (tertiary/aromatic N) is 2. The first-order valence-corrected chi connectivity index (χ1v) is 11.4. The van der Waals surface area contributed by atoms with Crippen LogP contribution in [0.1, 0.15) is 31.9 Å². The number of alkyl halides is 3. The van der Waals surface area contributed by atoms with Gasteiger partial charge < -0.3 is 9.84 Å². The zero-order chi connectivity index (χ0) is 24.9. The van der Waals surface area contributed by atoms with E-state index in [4.69, 9.17) is 9.84 Å². The van der Waals surface area contributed by atoms with Gasteiger partial charge in [-0.15, -0.1) is 18.3 Å². The van der Waals surface area contributed by atoms with Gasteiger partial charge >= 0.3 is 12.1 Å². The first kappa shape index (κ1) is 25.4. The van der Waals surface area contributed by atoms with Gasteiger partial charge in [-0.2, -0.15) is 18.3 Å². The Balaban J connectivity index is 1.78. The molecule has 0 saturated carbocycles. The predicted octanol–water partition coefficient (Wildman–Crippen LogP) is 6.81. The van der Waals surface area contributed by atoms with Crippen molar-refractivity contribution in [2.75, 3.05) is 0 Å². The van der Waals surface area contributed by atoms with Crippen molar-refractivity contribution < 1.29 is 27.8 Å². The molecular formula is C25H25F3N2O3S. The van der Waals surface area contributed by atoms with Crippen LogP contribution in [0.3, 0.4) is 0 Å². The molecule has 3 rings (SSSR count). The Morgan fingerprint density at radius 2 is 1.97 bits per heavy atom. The maximum atomic E-state index is 12.9. The number of rotatable bonds is 10. The number of hydrogen-bond acceptors (Lipinski definition) is 4.